The number of rotatable bonds is 3. The van der Waals surface area contributed by atoms with Gasteiger partial charge in [0.05, 0.1) is 0 Å². The van der Waals surface area contributed by atoms with Crippen LogP contribution in [0.15, 0.2) is 30.9 Å². The molecule has 0 spiro atoms. The zero-order valence-electron chi connectivity index (χ0n) is 9.45. The minimum atomic E-state index is -6.01. The van der Waals surface area contributed by atoms with E-state index in [1.165, 1.54) is 0 Å². The number of halogens is 8. The lowest BCUT2D eigenvalue weighted by atomic mass is 10.0. The van der Waals surface area contributed by atoms with Crippen molar-refractivity contribution in [2.75, 3.05) is 0 Å². The van der Waals surface area contributed by atoms with Gasteiger partial charge in [0.25, 0.3) is 0 Å². The fourth-order valence-corrected chi connectivity index (χ4v) is 1.29. The minimum Gasteiger partial charge on any atom is -0.458 e. The summed E-state index contributed by atoms with van der Waals surface area (Å²) in [5.74, 6) is -5.20. The highest BCUT2D eigenvalue weighted by molar-refractivity contribution is 5.29. The SMILES string of the molecule is C=CC(Oc1c(F)cccc1F)(C(F)(F)F)C(F)(F)F. The van der Waals surface area contributed by atoms with Crippen LogP contribution in [0.1, 0.15) is 0 Å². The number of benzene rings is 1. The Hall–Kier alpha value is -1.80. The summed E-state index contributed by atoms with van der Waals surface area (Å²) < 4.78 is 106. The van der Waals surface area contributed by atoms with Gasteiger partial charge < -0.3 is 4.74 Å². The average molecular weight is 306 g/mol. The van der Waals surface area contributed by atoms with E-state index in [0.717, 1.165) is 6.07 Å². The molecule has 0 aromatic heterocycles. The Labute approximate surface area is 107 Å². The lowest BCUT2D eigenvalue weighted by Crippen LogP contribution is -2.59. The second kappa shape index (κ2) is 4.95. The highest BCUT2D eigenvalue weighted by Crippen LogP contribution is 2.47. The van der Waals surface area contributed by atoms with E-state index in [2.05, 4.69) is 11.3 Å². The predicted octanol–water partition coefficient (Wildman–Crippen LogP) is 4.39. The summed E-state index contributed by atoms with van der Waals surface area (Å²) in [4.78, 5) is 0. The van der Waals surface area contributed by atoms with Crippen molar-refractivity contribution in [1.82, 2.24) is 0 Å². The molecule has 1 aromatic carbocycles. The van der Waals surface area contributed by atoms with Crippen molar-refractivity contribution in [3.05, 3.63) is 42.5 Å². The lowest BCUT2D eigenvalue weighted by Gasteiger charge is -2.34. The van der Waals surface area contributed by atoms with E-state index >= 15 is 0 Å². The Kier molecular flexibility index (Phi) is 4.02. The number of para-hydroxylation sites is 1. The van der Waals surface area contributed by atoms with Crippen molar-refractivity contribution in [2.45, 2.75) is 18.0 Å². The average Bonchev–Trinajstić information content (AvgIpc) is 2.25. The molecule has 112 valence electrons. The van der Waals surface area contributed by atoms with Gasteiger partial charge in [-0.25, -0.2) is 8.78 Å². The monoisotopic (exact) mass is 306 g/mol. The second-order valence-electron chi connectivity index (χ2n) is 3.59. The summed E-state index contributed by atoms with van der Waals surface area (Å²) in [6.07, 6.45) is -12.6. The summed E-state index contributed by atoms with van der Waals surface area (Å²) in [5.41, 5.74) is -4.91. The van der Waals surface area contributed by atoms with Crippen molar-refractivity contribution < 1.29 is 39.9 Å². The molecule has 0 fully saturated rings. The number of hydrogen-bond acceptors (Lipinski definition) is 1. The molecule has 1 aromatic rings. The molecule has 9 heteroatoms. The molecule has 0 unspecified atom stereocenters. The summed E-state index contributed by atoms with van der Waals surface area (Å²) in [7, 11) is 0. The van der Waals surface area contributed by atoms with Crippen LogP contribution in [-0.2, 0) is 0 Å². The molecule has 0 saturated carbocycles. The largest absolute Gasteiger partial charge is 0.458 e. The van der Waals surface area contributed by atoms with E-state index in [4.69, 9.17) is 0 Å². The Morgan fingerprint density at radius 3 is 1.60 bits per heavy atom. The van der Waals surface area contributed by atoms with Gasteiger partial charge in [-0.2, -0.15) is 26.3 Å². The Morgan fingerprint density at radius 1 is 0.900 bits per heavy atom. The summed E-state index contributed by atoms with van der Waals surface area (Å²) >= 11 is 0. The smallest absolute Gasteiger partial charge is 0.441 e. The second-order valence-corrected chi connectivity index (χ2v) is 3.59. The van der Waals surface area contributed by atoms with Gasteiger partial charge in [-0.3, -0.25) is 0 Å². The molecule has 0 radical (unpaired) electrons. The highest BCUT2D eigenvalue weighted by Gasteiger charge is 2.72. The van der Waals surface area contributed by atoms with Gasteiger partial charge >= 0.3 is 18.0 Å². The molecule has 0 atom stereocenters. The van der Waals surface area contributed by atoms with E-state index in [9.17, 15) is 35.1 Å². The summed E-state index contributed by atoms with van der Waals surface area (Å²) in [6.45, 7) is 2.41. The first-order valence-corrected chi connectivity index (χ1v) is 4.86. The molecule has 0 saturated heterocycles. The molecule has 0 N–H and O–H groups in total. The first-order chi connectivity index (χ1) is 8.96. The Balaban J connectivity index is 3.46. The minimum absolute atomic E-state index is 0.457. The van der Waals surface area contributed by atoms with Gasteiger partial charge in [-0.05, 0) is 18.2 Å². The molecule has 0 aliphatic heterocycles. The van der Waals surface area contributed by atoms with E-state index in [1.807, 2.05) is 0 Å². The highest BCUT2D eigenvalue weighted by atomic mass is 19.4. The zero-order valence-corrected chi connectivity index (χ0v) is 9.45. The van der Waals surface area contributed by atoms with Crippen LogP contribution in [0, 0.1) is 11.6 Å². The molecule has 0 amide bonds. The molecular formula is C11H6F8O. The van der Waals surface area contributed by atoms with E-state index < -0.39 is 41.4 Å². The molecule has 1 nitrogen and oxygen atoms in total. The topological polar surface area (TPSA) is 9.23 Å². The van der Waals surface area contributed by atoms with Gasteiger partial charge in [0.2, 0.25) is 0 Å². The van der Waals surface area contributed by atoms with E-state index in [1.54, 1.807) is 0 Å². The Morgan fingerprint density at radius 2 is 1.30 bits per heavy atom. The van der Waals surface area contributed by atoms with Crippen LogP contribution < -0.4 is 4.74 Å². The van der Waals surface area contributed by atoms with E-state index in [0.29, 0.717) is 12.1 Å². The molecular weight excluding hydrogens is 300 g/mol. The van der Waals surface area contributed by atoms with Crippen LogP contribution in [0.5, 0.6) is 5.75 Å². The summed E-state index contributed by atoms with van der Waals surface area (Å²) in [6, 6.07) is 1.67. The van der Waals surface area contributed by atoms with Crippen molar-refractivity contribution in [3.8, 4) is 5.75 Å². The third-order valence-electron chi connectivity index (χ3n) is 2.31. The van der Waals surface area contributed by atoms with Crippen LogP contribution >= 0.6 is 0 Å². The predicted molar refractivity (Wildman–Crippen MR) is 52.0 cm³/mol. The maximum atomic E-state index is 13.2. The first-order valence-electron chi connectivity index (χ1n) is 4.86. The van der Waals surface area contributed by atoms with Crippen molar-refractivity contribution >= 4 is 0 Å². The van der Waals surface area contributed by atoms with E-state index in [-0.39, 0.29) is 0 Å². The van der Waals surface area contributed by atoms with Crippen molar-refractivity contribution in [2.24, 2.45) is 0 Å². The number of ether oxygens (including phenoxy) is 1. The molecule has 20 heavy (non-hydrogen) atoms. The van der Waals surface area contributed by atoms with Crippen LogP contribution in [-0.4, -0.2) is 18.0 Å². The number of alkyl halides is 6. The molecule has 0 aliphatic rings. The first kappa shape index (κ1) is 16.3. The van der Waals surface area contributed by atoms with Gasteiger partial charge in [-0.15, -0.1) is 0 Å². The fourth-order valence-electron chi connectivity index (χ4n) is 1.29. The Bertz CT molecular complexity index is 468. The maximum absolute atomic E-state index is 13.2. The van der Waals surface area contributed by atoms with Gasteiger partial charge in [0.1, 0.15) is 0 Å². The zero-order chi connectivity index (χ0) is 15.8. The van der Waals surface area contributed by atoms with Crippen molar-refractivity contribution in [1.29, 1.82) is 0 Å². The molecule has 0 bridgehead atoms. The molecule has 1 rings (SSSR count). The lowest BCUT2D eigenvalue weighted by molar-refractivity contribution is -0.338. The van der Waals surface area contributed by atoms with Gasteiger partial charge in [0, 0.05) is 0 Å². The van der Waals surface area contributed by atoms with Gasteiger partial charge in [0.15, 0.2) is 17.4 Å². The third kappa shape index (κ3) is 2.56. The summed E-state index contributed by atoms with van der Waals surface area (Å²) in [5, 5.41) is 0. The van der Waals surface area contributed by atoms with Crippen LogP contribution in [0.3, 0.4) is 0 Å². The normalized spacial score (nSPS) is 13.2. The molecule has 0 heterocycles. The maximum Gasteiger partial charge on any atom is 0.441 e. The van der Waals surface area contributed by atoms with Crippen LogP contribution in [0.25, 0.3) is 0 Å². The molecule has 0 aliphatic carbocycles. The van der Waals surface area contributed by atoms with Gasteiger partial charge in [-0.1, -0.05) is 12.6 Å². The fraction of sp³-hybridized carbons (Fsp3) is 0.273. The van der Waals surface area contributed by atoms with Crippen LogP contribution in [0.2, 0.25) is 0 Å². The third-order valence-corrected chi connectivity index (χ3v) is 2.31. The standard InChI is InChI=1S/C11H6F8O/c1-2-9(10(14,15)16,11(17,18)19)20-8-6(12)4-3-5-7(8)13/h2-5H,1H2. The number of hydrogen-bond donors (Lipinski definition) is 0. The quantitative estimate of drug-likeness (QED) is 0.594. The van der Waals surface area contributed by atoms with Crippen molar-refractivity contribution in [3.63, 3.8) is 0 Å². The van der Waals surface area contributed by atoms with Crippen LogP contribution in [0.4, 0.5) is 35.1 Å².